The Bertz CT molecular complexity index is 599. The standard InChI is InChI=1S/C21H28O/c1-3-21-9-6-13-10-14-12-18-16(5-4-15(21)11-13)17(21)7-8-20(18,2)19(14)22/h4-6,9,11,13-14,16-19,22H,3,7-8,10,12H2,1-2H3/t13?,14?,16-,17+,18+,19+,20+,21+/m1/s1. The third kappa shape index (κ3) is 1.40. The molecule has 2 unspecified atom stereocenters. The molecule has 6 aliphatic carbocycles. The van der Waals surface area contributed by atoms with Crippen molar-refractivity contribution in [1.82, 2.24) is 0 Å². The van der Waals surface area contributed by atoms with Gasteiger partial charge >= 0.3 is 0 Å². The summed E-state index contributed by atoms with van der Waals surface area (Å²) in [4.78, 5) is 0. The molecule has 1 nitrogen and oxygen atoms in total. The van der Waals surface area contributed by atoms with Crippen molar-refractivity contribution in [2.75, 3.05) is 0 Å². The normalized spacial score (nSPS) is 57.5. The highest BCUT2D eigenvalue weighted by Crippen LogP contribution is 2.66. The SMILES string of the molecule is CC[C@]12C=CC3C=C1C=C[C@H]1[C@@H]4CC(C3)[C@H](O)[C@@]4(C)CC[C@@H]12. The molecule has 22 heavy (non-hydrogen) atoms. The first-order valence-corrected chi connectivity index (χ1v) is 9.36. The van der Waals surface area contributed by atoms with E-state index in [1.807, 2.05) is 0 Å². The van der Waals surface area contributed by atoms with Gasteiger partial charge in [0.05, 0.1) is 6.10 Å². The van der Waals surface area contributed by atoms with Gasteiger partial charge in [-0.05, 0) is 72.7 Å². The van der Waals surface area contributed by atoms with Crippen molar-refractivity contribution >= 4 is 0 Å². The highest BCUT2D eigenvalue weighted by atomic mass is 16.3. The van der Waals surface area contributed by atoms with Crippen LogP contribution in [0.15, 0.2) is 36.0 Å². The molecule has 0 heterocycles. The largest absolute Gasteiger partial charge is 0.392 e. The van der Waals surface area contributed by atoms with Crippen LogP contribution in [-0.2, 0) is 0 Å². The maximum absolute atomic E-state index is 11.1. The van der Waals surface area contributed by atoms with Crippen LogP contribution in [0.3, 0.4) is 0 Å². The summed E-state index contributed by atoms with van der Waals surface area (Å²) in [6.07, 6.45) is 18.6. The molecule has 0 spiro atoms. The van der Waals surface area contributed by atoms with Crippen molar-refractivity contribution in [2.45, 2.75) is 52.1 Å². The lowest BCUT2D eigenvalue weighted by Gasteiger charge is -2.55. The van der Waals surface area contributed by atoms with Gasteiger partial charge in [0.2, 0.25) is 0 Å². The summed E-state index contributed by atoms with van der Waals surface area (Å²) in [7, 11) is 0. The second kappa shape index (κ2) is 4.17. The molecule has 1 heteroatoms. The first-order valence-electron chi connectivity index (χ1n) is 9.36. The average Bonchev–Trinajstić information content (AvgIpc) is 2.77. The molecule has 0 amide bonds. The summed E-state index contributed by atoms with van der Waals surface area (Å²) in [5.41, 5.74) is 2.03. The van der Waals surface area contributed by atoms with Gasteiger partial charge in [-0.2, -0.15) is 0 Å². The van der Waals surface area contributed by atoms with E-state index in [0.29, 0.717) is 23.7 Å². The summed E-state index contributed by atoms with van der Waals surface area (Å²) in [5, 5.41) is 11.1. The van der Waals surface area contributed by atoms with Gasteiger partial charge in [0.25, 0.3) is 0 Å². The highest BCUT2D eigenvalue weighted by molar-refractivity contribution is 5.43. The lowest BCUT2D eigenvalue weighted by molar-refractivity contribution is -0.0471. The molecule has 118 valence electrons. The number of aliphatic hydroxyl groups is 1. The molecule has 0 aromatic carbocycles. The minimum atomic E-state index is -0.0903. The smallest absolute Gasteiger partial charge is 0.0625 e. The van der Waals surface area contributed by atoms with E-state index in [-0.39, 0.29) is 16.9 Å². The molecule has 2 saturated carbocycles. The van der Waals surface area contributed by atoms with Gasteiger partial charge in [0.15, 0.2) is 0 Å². The predicted molar refractivity (Wildman–Crippen MR) is 89.1 cm³/mol. The van der Waals surface area contributed by atoms with Gasteiger partial charge in [-0.3, -0.25) is 0 Å². The number of hydrogen-bond donors (Lipinski definition) is 1. The lowest BCUT2D eigenvalue weighted by atomic mass is 9.49. The molecule has 0 aromatic rings. The molecular formula is C21H28O. The van der Waals surface area contributed by atoms with E-state index in [9.17, 15) is 5.11 Å². The fourth-order valence-corrected chi connectivity index (χ4v) is 7.12. The van der Waals surface area contributed by atoms with E-state index in [2.05, 4.69) is 44.2 Å². The molecule has 0 saturated heterocycles. The van der Waals surface area contributed by atoms with E-state index < -0.39 is 0 Å². The van der Waals surface area contributed by atoms with Crippen LogP contribution in [0, 0.1) is 40.4 Å². The molecule has 8 atom stereocenters. The minimum absolute atomic E-state index is 0.0903. The minimum Gasteiger partial charge on any atom is -0.392 e. The maximum atomic E-state index is 11.1. The van der Waals surface area contributed by atoms with E-state index >= 15 is 0 Å². The maximum Gasteiger partial charge on any atom is 0.0625 e. The average molecular weight is 296 g/mol. The Morgan fingerprint density at radius 3 is 2.91 bits per heavy atom. The zero-order valence-corrected chi connectivity index (χ0v) is 13.8. The fourth-order valence-electron chi connectivity index (χ4n) is 7.12. The van der Waals surface area contributed by atoms with Gasteiger partial charge in [0.1, 0.15) is 0 Å². The van der Waals surface area contributed by atoms with Crippen LogP contribution < -0.4 is 0 Å². The first-order chi connectivity index (χ1) is 10.6. The van der Waals surface area contributed by atoms with Crippen LogP contribution in [0.2, 0.25) is 0 Å². The van der Waals surface area contributed by atoms with Crippen LogP contribution in [0.25, 0.3) is 0 Å². The van der Waals surface area contributed by atoms with Crippen molar-refractivity contribution in [1.29, 1.82) is 0 Å². The number of rotatable bonds is 1. The van der Waals surface area contributed by atoms with Gasteiger partial charge in [-0.1, -0.05) is 44.2 Å². The zero-order chi connectivity index (χ0) is 15.1. The fraction of sp³-hybridized carbons (Fsp3) is 0.714. The first kappa shape index (κ1) is 13.6. The molecule has 0 radical (unpaired) electrons. The summed E-state index contributed by atoms with van der Waals surface area (Å²) < 4.78 is 0. The molecular weight excluding hydrogens is 268 g/mol. The number of hydrogen-bond acceptors (Lipinski definition) is 1. The Kier molecular flexibility index (Phi) is 2.58. The van der Waals surface area contributed by atoms with Gasteiger partial charge < -0.3 is 5.11 Å². The zero-order valence-electron chi connectivity index (χ0n) is 13.8. The van der Waals surface area contributed by atoms with E-state index in [1.54, 1.807) is 5.57 Å². The summed E-state index contributed by atoms with van der Waals surface area (Å²) in [6.45, 7) is 4.77. The van der Waals surface area contributed by atoms with Crippen molar-refractivity contribution in [3.05, 3.63) is 36.0 Å². The van der Waals surface area contributed by atoms with Crippen molar-refractivity contribution in [2.24, 2.45) is 40.4 Å². The van der Waals surface area contributed by atoms with Crippen molar-refractivity contribution in [3.8, 4) is 0 Å². The number of aliphatic hydroxyl groups excluding tert-OH is 1. The van der Waals surface area contributed by atoms with E-state index in [4.69, 9.17) is 0 Å². The Hall–Kier alpha value is -0.820. The van der Waals surface area contributed by atoms with Crippen molar-refractivity contribution < 1.29 is 5.11 Å². The van der Waals surface area contributed by atoms with Crippen LogP contribution in [0.1, 0.15) is 46.0 Å². The Balaban J connectivity index is 1.74. The highest BCUT2D eigenvalue weighted by Gasteiger charge is 2.61. The monoisotopic (exact) mass is 296 g/mol. The van der Waals surface area contributed by atoms with Crippen LogP contribution in [0.4, 0.5) is 0 Å². The van der Waals surface area contributed by atoms with E-state index in [0.717, 1.165) is 12.3 Å². The molecule has 6 aliphatic rings. The summed E-state index contributed by atoms with van der Waals surface area (Å²) in [5.74, 6) is 3.17. The molecule has 1 N–H and O–H groups in total. The third-order valence-electron chi connectivity index (χ3n) is 8.34. The predicted octanol–water partition coefficient (Wildman–Crippen LogP) is 4.50. The van der Waals surface area contributed by atoms with Gasteiger partial charge in [-0.15, -0.1) is 0 Å². The van der Waals surface area contributed by atoms with Crippen LogP contribution >= 0.6 is 0 Å². The van der Waals surface area contributed by atoms with Gasteiger partial charge in [-0.25, -0.2) is 0 Å². The van der Waals surface area contributed by atoms with Crippen LogP contribution in [0.5, 0.6) is 0 Å². The molecule has 2 fully saturated rings. The summed E-state index contributed by atoms with van der Waals surface area (Å²) in [6, 6.07) is 0. The van der Waals surface area contributed by atoms with E-state index in [1.165, 1.54) is 25.7 Å². The van der Waals surface area contributed by atoms with Crippen molar-refractivity contribution in [3.63, 3.8) is 0 Å². The molecule has 0 aliphatic heterocycles. The molecule has 7 bridgehead atoms. The number of allylic oxidation sites excluding steroid dienone is 6. The second-order valence-electron chi connectivity index (χ2n) is 8.91. The molecule has 6 rings (SSSR count). The lowest BCUT2D eigenvalue weighted by Crippen LogP contribution is -2.49. The summed E-state index contributed by atoms with van der Waals surface area (Å²) >= 11 is 0. The Morgan fingerprint density at radius 1 is 1.23 bits per heavy atom. The second-order valence-corrected chi connectivity index (χ2v) is 8.91. The third-order valence-corrected chi connectivity index (χ3v) is 8.34. The molecule has 0 aromatic heterocycles. The quantitative estimate of drug-likeness (QED) is 0.706. The Labute approximate surface area is 134 Å². The van der Waals surface area contributed by atoms with Gasteiger partial charge in [0, 0.05) is 5.41 Å². The van der Waals surface area contributed by atoms with Crippen LogP contribution in [-0.4, -0.2) is 11.2 Å². The Morgan fingerprint density at radius 2 is 2.09 bits per heavy atom. The topological polar surface area (TPSA) is 20.2 Å².